The molecule has 2 unspecified atom stereocenters. The Morgan fingerprint density at radius 1 is 1.33 bits per heavy atom. The third-order valence-electron chi connectivity index (χ3n) is 3.41. The lowest BCUT2D eigenvalue weighted by atomic mass is 9.70. The molecule has 1 aromatic carbocycles. The second-order valence-electron chi connectivity index (χ2n) is 4.22. The van der Waals surface area contributed by atoms with Gasteiger partial charge in [0, 0.05) is 0 Å². The molecule has 1 N–H and O–H groups in total. The Balaban J connectivity index is 2.13. The SMILES string of the molecule is CCc1ccc(C2CCC2C(=O)O)cc1. The summed E-state index contributed by atoms with van der Waals surface area (Å²) >= 11 is 0. The van der Waals surface area contributed by atoms with E-state index < -0.39 is 5.97 Å². The number of carbonyl (C=O) groups is 1. The average Bonchev–Trinajstić information content (AvgIpc) is 2.16. The molecule has 2 heteroatoms. The number of benzene rings is 1. The molecule has 1 saturated carbocycles. The highest BCUT2D eigenvalue weighted by Crippen LogP contribution is 2.42. The van der Waals surface area contributed by atoms with Crippen LogP contribution in [0.5, 0.6) is 0 Å². The van der Waals surface area contributed by atoms with E-state index in [1.54, 1.807) is 0 Å². The minimum absolute atomic E-state index is 0.155. The zero-order chi connectivity index (χ0) is 10.8. The summed E-state index contributed by atoms with van der Waals surface area (Å²) in [5, 5.41) is 8.97. The lowest BCUT2D eigenvalue weighted by Gasteiger charge is -2.33. The van der Waals surface area contributed by atoms with Crippen molar-refractivity contribution in [2.75, 3.05) is 0 Å². The van der Waals surface area contributed by atoms with Gasteiger partial charge in [-0.25, -0.2) is 0 Å². The number of rotatable bonds is 3. The Hall–Kier alpha value is -1.31. The van der Waals surface area contributed by atoms with E-state index in [1.807, 2.05) is 0 Å². The average molecular weight is 204 g/mol. The molecule has 1 aromatic rings. The molecule has 0 aliphatic heterocycles. The van der Waals surface area contributed by atoms with E-state index in [2.05, 4.69) is 31.2 Å². The van der Waals surface area contributed by atoms with Crippen molar-refractivity contribution in [3.63, 3.8) is 0 Å². The lowest BCUT2D eigenvalue weighted by Crippen LogP contribution is -2.30. The smallest absolute Gasteiger partial charge is 0.307 e. The maximum atomic E-state index is 10.9. The highest BCUT2D eigenvalue weighted by atomic mass is 16.4. The van der Waals surface area contributed by atoms with Crippen LogP contribution < -0.4 is 0 Å². The highest BCUT2D eigenvalue weighted by Gasteiger charge is 2.37. The standard InChI is InChI=1S/C13H16O2/c1-2-9-3-5-10(6-4-9)11-7-8-12(11)13(14)15/h3-6,11-12H,2,7-8H2,1H3,(H,14,15). The molecule has 1 fully saturated rings. The van der Waals surface area contributed by atoms with Crippen LogP contribution in [0.2, 0.25) is 0 Å². The predicted molar refractivity (Wildman–Crippen MR) is 58.9 cm³/mol. The molecule has 2 rings (SSSR count). The van der Waals surface area contributed by atoms with Gasteiger partial charge in [0.2, 0.25) is 0 Å². The van der Waals surface area contributed by atoms with Gasteiger partial charge in [0.15, 0.2) is 0 Å². The van der Waals surface area contributed by atoms with Gasteiger partial charge in [0.1, 0.15) is 0 Å². The molecular weight excluding hydrogens is 188 g/mol. The number of carboxylic acids is 1. The van der Waals surface area contributed by atoms with Crippen LogP contribution in [0.25, 0.3) is 0 Å². The van der Waals surface area contributed by atoms with Crippen LogP contribution in [-0.4, -0.2) is 11.1 Å². The summed E-state index contributed by atoms with van der Waals surface area (Å²) in [5.74, 6) is -0.559. The van der Waals surface area contributed by atoms with E-state index in [0.29, 0.717) is 0 Å². The fourth-order valence-electron chi connectivity index (χ4n) is 2.20. The number of aryl methyl sites for hydroxylation is 1. The van der Waals surface area contributed by atoms with Crippen molar-refractivity contribution >= 4 is 5.97 Å². The quantitative estimate of drug-likeness (QED) is 0.822. The summed E-state index contributed by atoms with van der Waals surface area (Å²) < 4.78 is 0. The summed E-state index contributed by atoms with van der Waals surface area (Å²) in [6.45, 7) is 2.12. The first-order chi connectivity index (χ1) is 7.22. The van der Waals surface area contributed by atoms with Gasteiger partial charge >= 0.3 is 5.97 Å². The van der Waals surface area contributed by atoms with Crippen LogP contribution in [0.1, 0.15) is 36.8 Å². The Morgan fingerprint density at radius 3 is 2.40 bits per heavy atom. The maximum Gasteiger partial charge on any atom is 0.307 e. The minimum Gasteiger partial charge on any atom is -0.481 e. The van der Waals surface area contributed by atoms with Gasteiger partial charge in [-0.15, -0.1) is 0 Å². The van der Waals surface area contributed by atoms with E-state index in [0.717, 1.165) is 19.3 Å². The molecule has 15 heavy (non-hydrogen) atoms. The number of hydrogen-bond acceptors (Lipinski definition) is 1. The second kappa shape index (κ2) is 4.05. The fourth-order valence-corrected chi connectivity index (χ4v) is 2.20. The Morgan fingerprint density at radius 2 is 2.00 bits per heavy atom. The van der Waals surface area contributed by atoms with Crippen molar-refractivity contribution in [1.29, 1.82) is 0 Å². The zero-order valence-electron chi connectivity index (χ0n) is 8.94. The summed E-state index contributed by atoms with van der Waals surface area (Å²) in [6, 6.07) is 8.37. The molecule has 0 heterocycles. The molecule has 1 aliphatic rings. The molecule has 1 aliphatic carbocycles. The summed E-state index contributed by atoms with van der Waals surface area (Å²) in [5.41, 5.74) is 2.50. The van der Waals surface area contributed by atoms with Crippen LogP contribution >= 0.6 is 0 Å². The third kappa shape index (κ3) is 1.89. The van der Waals surface area contributed by atoms with Crippen LogP contribution in [0, 0.1) is 5.92 Å². The second-order valence-corrected chi connectivity index (χ2v) is 4.22. The zero-order valence-corrected chi connectivity index (χ0v) is 8.94. The van der Waals surface area contributed by atoms with E-state index in [9.17, 15) is 4.79 Å². The Bertz CT molecular complexity index is 353. The molecule has 0 radical (unpaired) electrons. The van der Waals surface area contributed by atoms with Crippen molar-refractivity contribution in [3.8, 4) is 0 Å². The van der Waals surface area contributed by atoms with Crippen LogP contribution in [0.3, 0.4) is 0 Å². The monoisotopic (exact) mass is 204 g/mol. The molecule has 80 valence electrons. The first-order valence-electron chi connectivity index (χ1n) is 5.54. The van der Waals surface area contributed by atoms with Crippen molar-refractivity contribution in [2.45, 2.75) is 32.1 Å². The molecule has 0 aromatic heterocycles. The van der Waals surface area contributed by atoms with E-state index in [4.69, 9.17) is 5.11 Å². The van der Waals surface area contributed by atoms with Crippen LogP contribution in [0.4, 0.5) is 0 Å². The molecule has 0 saturated heterocycles. The molecule has 0 spiro atoms. The fraction of sp³-hybridized carbons (Fsp3) is 0.462. The predicted octanol–water partition coefficient (Wildman–Crippen LogP) is 2.83. The van der Waals surface area contributed by atoms with Gasteiger partial charge in [0.05, 0.1) is 5.92 Å². The maximum absolute atomic E-state index is 10.9. The normalized spacial score (nSPS) is 24.6. The summed E-state index contributed by atoms with van der Waals surface area (Å²) in [4.78, 5) is 10.9. The summed E-state index contributed by atoms with van der Waals surface area (Å²) in [7, 11) is 0. The van der Waals surface area contributed by atoms with Gasteiger partial charge in [-0.05, 0) is 36.3 Å². The largest absolute Gasteiger partial charge is 0.481 e. The van der Waals surface area contributed by atoms with Gasteiger partial charge in [-0.1, -0.05) is 31.2 Å². The molecule has 2 nitrogen and oxygen atoms in total. The van der Waals surface area contributed by atoms with Gasteiger partial charge in [0.25, 0.3) is 0 Å². The first kappa shape index (κ1) is 10.2. The van der Waals surface area contributed by atoms with Crippen LogP contribution in [-0.2, 0) is 11.2 Å². The minimum atomic E-state index is -0.647. The van der Waals surface area contributed by atoms with Gasteiger partial charge in [-0.2, -0.15) is 0 Å². The number of aliphatic carboxylic acids is 1. The lowest BCUT2D eigenvalue weighted by molar-refractivity contribution is -0.145. The topological polar surface area (TPSA) is 37.3 Å². The summed E-state index contributed by atoms with van der Waals surface area (Å²) in [6.07, 6.45) is 2.88. The van der Waals surface area contributed by atoms with E-state index in [1.165, 1.54) is 11.1 Å². The van der Waals surface area contributed by atoms with Crippen molar-refractivity contribution in [3.05, 3.63) is 35.4 Å². The molecule has 2 atom stereocenters. The third-order valence-corrected chi connectivity index (χ3v) is 3.41. The van der Waals surface area contributed by atoms with Gasteiger partial charge < -0.3 is 5.11 Å². The van der Waals surface area contributed by atoms with Gasteiger partial charge in [-0.3, -0.25) is 4.79 Å². The van der Waals surface area contributed by atoms with E-state index >= 15 is 0 Å². The number of carboxylic acid groups (broad SMARTS) is 1. The molecule has 0 amide bonds. The Labute approximate surface area is 89.9 Å². The van der Waals surface area contributed by atoms with Crippen molar-refractivity contribution in [2.24, 2.45) is 5.92 Å². The van der Waals surface area contributed by atoms with Crippen molar-refractivity contribution < 1.29 is 9.90 Å². The number of hydrogen-bond donors (Lipinski definition) is 1. The van der Waals surface area contributed by atoms with Crippen LogP contribution in [0.15, 0.2) is 24.3 Å². The first-order valence-corrected chi connectivity index (χ1v) is 5.54. The highest BCUT2D eigenvalue weighted by molar-refractivity contribution is 5.72. The molecular formula is C13H16O2. The van der Waals surface area contributed by atoms with Crippen molar-refractivity contribution in [1.82, 2.24) is 0 Å². The van der Waals surface area contributed by atoms with E-state index in [-0.39, 0.29) is 11.8 Å². The molecule has 0 bridgehead atoms. The Kier molecular flexibility index (Phi) is 2.76.